The molecule has 0 atom stereocenters. The lowest BCUT2D eigenvalue weighted by molar-refractivity contribution is 0.0277. The first-order valence-electron chi connectivity index (χ1n) is 7.05. The van der Waals surface area contributed by atoms with Crippen LogP contribution in [-0.4, -0.2) is 48.8 Å². The third-order valence-corrected chi connectivity index (χ3v) is 4.52. The highest BCUT2D eigenvalue weighted by atomic mass is 16.3. The maximum Gasteiger partial charge on any atom is 0.0766 e. The van der Waals surface area contributed by atoms with Gasteiger partial charge in [-0.2, -0.15) is 0 Å². The first kappa shape index (κ1) is 14.9. The summed E-state index contributed by atoms with van der Waals surface area (Å²) in [6.45, 7) is 10.6. The molecule has 1 fully saturated rings. The summed E-state index contributed by atoms with van der Waals surface area (Å²) in [6, 6.07) is 0. The molecule has 0 aromatic rings. The van der Waals surface area contributed by atoms with E-state index in [4.69, 9.17) is 0 Å². The average molecular weight is 242 g/mol. The Bertz CT molecular complexity index is 218. The molecule has 0 aliphatic carbocycles. The molecule has 1 saturated heterocycles. The molecule has 0 spiro atoms. The van der Waals surface area contributed by atoms with Crippen LogP contribution in [0.25, 0.3) is 0 Å². The maximum atomic E-state index is 10.2. The Labute approximate surface area is 107 Å². The molecule has 0 amide bonds. The first-order valence-corrected chi connectivity index (χ1v) is 7.05. The number of aliphatic hydroxyl groups is 1. The summed E-state index contributed by atoms with van der Waals surface area (Å²) in [5, 5.41) is 13.7. The van der Waals surface area contributed by atoms with Crippen molar-refractivity contribution < 1.29 is 5.11 Å². The standard InChI is InChI=1S/C14H30N2O/c1-5-14(17,6-2)12-15-11-13(3)7-9-16(4)10-8-13/h15,17H,5-12H2,1-4H3. The van der Waals surface area contributed by atoms with Crippen molar-refractivity contribution in [1.82, 2.24) is 10.2 Å². The van der Waals surface area contributed by atoms with Gasteiger partial charge in [0.25, 0.3) is 0 Å². The number of piperidine rings is 1. The zero-order valence-corrected chi connectivity index (χ0v) is 12.1. The molecule has 102 valence electrons. The Kier molecular flexibility index (Phi) is 5.42. The number of nitrogens with zero attached hydrogens (tertiary/aromatic N) is 1. The summed E-state index contributed by atoms with van der Waals surface area (Å²) in [5.41, 5.74) is -0.100. The van der Waals surface area contributed by atoms with Gasteiger partial charge in [0.1, 0.15) is 0 Å². The van der Waals surface area contributed by atoms with E-state index in [2.05, 4.69) is 38.0 Å². The summed E-state index contributed by atoms with van der Waals surface area (Å²) in [7, 11) is 2.19. The fourth-order valence-electron chi connectivity index (χ4n) is 2.43. The monoisotopic (exact) mass is 242 g/mol. The quantitative estimate of drug-likeness (QED) is 0.746. The second-order valence-electron chi connectivity index (χ2n) is 6.15. The van der Waals surface area contributed by atoms with E-state index in [9.17, 15) is 5.11 Å². The van der Waals surface area contributed by atoms with Gasteiger partial charge in [0, 0.05) is 13.1 Å². The van der Waals surface area contributed by atoms with Crippen LogP contribution in [-0.2, 0) is 0 Å². The molecule has 1 rings (SSSR count). The lowest BCUT2D eigenvalue weighted by Crippen LogP contribution is -2.46. The van der Waals surface area contributed by atoms with Gasteiger partial charge in [0.05, 0.1) is 5.60 Å². The van der Waals surface area contributed by atoms with E-state index >= 15 is 0 Å². The molecule has 3 heteroatoms. The molecule has 0 unspecified atom stereocenters. The van der Waals surface area contributed by atoms with Crippen LogP contribution in [0, 0.1) is 5.41 Å². The molecule has 0 aromatic heterocycles. The van der Waals surface area contributed by atoms with Gasteiger partial charge in [-0.15, -0.1) is 0 Å². The van der Waals surface area contributed by atoms with Crippen molar-refractivity contribution in [2.24, 2.45) is 5.41 Å². The average Bonchev–Trinajstić information content (AvgIpc) is 2.33. The Morgan fingerprint density at radius 2 is 1.76 bits per heavy atom. The number of nitrogens with one attached hydrogen (secondary N) is 1. The minimum Gasteiger partial charge on any atom is -0.389 e. The van der Waals surface area contributed by atoms with E-state index < -0.39 is 5.60 Å². The Morgan fingerprint density at radius 3 is 2.24 bits per heavy atom. The van der Waals surface area contributed by atoms with E-state index in [1.54, 1.807) is 0 Å². The minimum atomic E-state index is -0.512. The molecule has 2 N–H and O–H groups in total. The van der Waals surface area contributed by atoms with Crippen molar-refractivity contribution in [1.29, 1.82) is 0 Å². The van der Waals surface area contributed by atoms with Crippen LogP contribution in [0.15, 0.2) is 0 Å². The molecule has 0 saturated carbocycles. The normalized spacial score (nSPS) is 21.7. The first-order chi connectivity index (χ1) is 7.93. The number of hydrogen-bond donors (Lipinski definition) is 2. The fourth-order valence-corrected chi connectivity index (χ4v) is 2.43. The summed E-state index contributed by atoms with van der Waals surface area (Å²) in [6.07, 6.45) is 4.17. The van der Waals surface area contributed by atoms with E-state index in [1.807, 2.05) is 0 Å². The van der Waals surface area contributed by atoms with Crippen molar-refractivity contribution >= 4 is 0 Å². The Morgan fingerprint density at radius 1 is 1.24 bits per heavy atom. The van der Waals surface area contributed by atoms with Crippen molar-refractivity contribution in [3.63, 3.8) is 0 Å². The van der Waals surface area contributed by atoms with Gasteiger partial charge in [-0.25, -0.2) is 0 Å². The van der Waals surface area contributed by atoms with Crippen molar-refractivity contribution in [2.45, 2.75) is 52.1 Å². The smallest absolute Gasteiger partial charge is 0.0766 e. The van der Waals surface area contributed by atoms with E-state index in [-0.39, 0.29) is 0 Å². The zero-order chi connectivity index (χ0) is 12.9. The molecule has 1 heterocycles. The summed E-state index contributed by atoms with van der Waals surface area (Å²) in [4.78, 5) is 2.40. The van der Waals surface area contributed by atoms with Crippen molar-refractivity contribution in [3.05, 3.63) is 0 Å². The highest BCUT2D eigenvalue weighted by Crippen LogP contribution is 2.29. The Hall–Kier alpha value is -0.120. The molecule has 17 heavy (non-hydrogen) atoms. The topological polar surface area (TPSA) is 35.5 Å². The van der Waals surface area contributed by atoms with Gasteiger partial charge in [-0.05, 0) is 51.2 Å². The summed E-state index contributed by atoms with van der Waals surface area (Å²) in [5.74, 6) is 0. The number of hydrogen-bond acceptors (Lipinski definition) is 3. The SMILES string of the molecule is CCC(O)(CC)CNCC1(C)CCN(C)CC1. The number of rotatable bonds is 6. The van der Waals surface area contributed by atoms with Gasteiger partial charge < -0.3 is 15.3 Å². The lowest BCUT2D eigenvalue weighted by Gasteiger charge is -2.39. The van der Waals surface area contributed by atoms with Crippen LogP contribution in [0.2, 0.25) is 0 Å². The van der Waals surface area contributed by atoms with Gasteiger partial charge in [0.15, 0.2) is 0 Å². The molecule has 0 bridgehead atoms. The summed E-state index contributed by atoms with van der Waals surface area (Å²) >= 11 is 0. The van der Waals surface area contributed by atoms with Gasteiger partial charge in [-0.3, -0.25) is 0 Å². The summed E-state index contributed by atoms with van der Waals surface area (Å²) < 4.78 is 0. The van der Waals surface area contributed by atoms with Gasteiger partial charge in [0.2, 0.25) is 0 Å². The maximum absolute atomic E-state index is 10.2. The third kappa shape index (κ3) is 4.57. The van der Waals surface area contributed by atoms with Crippen molar-refractivity contribution in [2.75, 3.05) is 33.2 Å². The highest BCUT2D eigenvalue weighted by molar-refractivity contribution is 4.85. The van der Waals surface area contributed by atoms with Crippen molar-refractivity contribution in [3.8, 4) is 0 Å². The van der Waals surface area contributed by atoms with E-state index in [1.165, 1.54) is 25.9 Å². The van der Waals surface area contributed by atoms with Crippen LogP contribution in [0.3, 0.4) is 0 Å². The molecular weight excluding hydrogens is 212 g/mol. The molecular formula is C14H30N2O. The molecule has 1 aliphatic rings. The minimum absolute atomic E-state index is 0.412. The van der Waals surface area contributed by atoms with Crippen LogP contribution in [0.4, 0.5) is 0 Å². The molecule has 0 radical (unpaired) electrons. The predicted octanol–water partition coefficient (Wildman–Crippen LogP) is 1.86. The second-order valence-corrected chi connectivity index (χ2v) is 6.15. The number of likely N-dealkylation sites (tertiary alicyclic amines) is 1. The predicted molar refractivity (Wildman–Crippen MR) is 73.2 cm³/mol. The zero-order valence-electron chi connectivity index (χ0n) is 12.1. The molecule has 3 nitrogen and oxygen atoms in total. The third-order valence-electron chi connectivity index (χ3n) is 4.52. The van der Waals surface area contributed by atoms with Gasteiger partial charge in [-0.1, -0.05) is 20.8 Å². The van der Waals surface area contributed by atoms with Crippen LogP contribution < -0.4 is 5.32 Å². The second kappa shape index (κ2) is 6.17. The highest BCUT2D eigenvalue weighted by Gasteiger charge is 2.29. The Balaban J connectivity index is 2.30. The van der Waals surface area contributed by atoms with Crippen LogP contribution in [0.1, 0.15) is 46.5 Å². The largest absolute Gasteiger partial charge is 0.389 e. The molecule has 0 aromatic carbocycles. The van der Waals surface area contributed by atoms with Gasteiger partial charge >= 0.3 is 0 Å². The van der Waals surface area contributed by atoms with E-state index in [0.717, 1.165) is 25.9 Å². The van der Waals surface area contributed by atoms with E-state index in [0.29, 0.717) is 5.41 Å². The lowest BCUT2D eigenvalue weighted by atomic mass is 9.80. The van der Waals surface area contributed by atoms with Crippen LogP contribution in [0.5, 0.6) is 0 Å². The van der Waals surface area contributed by atoms with Crippen LogP contribution >= 0.6 is 0 Å². The fraction of sp³-hybridized carbons (Fsp3) is 1.00. The molecule has 1 aliphatic heterocycles.